The predicted molar refractivity (Wildman–Crippen MR) is 214 cm³/mol. The van der Waals surface area contributed by atoms with Crippen molar-refractivity contribution in [3.8, 4) is 0 Å². The molecule has 0 spiro atoms. The molecule has 2 aromatic rings. The summed E-state index contributed by atoms with van der Waals surface area (Å²) in [7, 11) is 1.80. The zero-order valence-corrected chi connectivity index (χ0v) is 34.3. The minimum Gasteiger partial charge on any atom is -0.453 e. The number of carbonyl (C=O) groups excluding carboxylic acids is 2. The predicted octanol–water partition coefficient (Wildman–Crippen LogP) is 5.70. The lowest BCUT2D eigenvalue weighted by Crippen LogP contribution is -2.65. The molecule has 56 heavy (non-hydrogen) atoms. The number of ketones is 1. The van der Waals surface area contributed by atoms with Crippen LogP contribution in [0.1, 0.15) is 69.8 Å². The van der Waals surface area contributed by atoms with Crippen LogP contribution >= 0.6 is 0 Å². The second-order valence-electron chi connectivity index (χ2n) is 17.7. The molecular weight excluding hydrogens is 737 g/mol. The molecule has 0 aromatic heterocycles. The van der Waals surface area contributed by atoms with Gasteiger partial charge in [-0.15, -0.1) is 0 Å². The molecule has 10 nitrogen and oxygen atoms in total. The third kappa shape index (κ3) is 8.66. The maximum absolute atomic E-state index is 16.3. The van der Waals surface area contributed by atoms with Crippen LogP contribution in [0, 0.1) is 23.6 Å². The number of benzene rings is 2. The number of sulfone groups is 1. The topological polar surface area (TPSA) is 102 Å². The molecule has 2 aliphatic carbocycles. The van der Waals surface area contributed by atoms with E-state index in [1.54, 1.807) is 30.3 Å². The van der Waals surface area contributed by atoms with Gasteiger partial charge >= 0.3 is 6.09 Å². The first-order chi connectivity index (χ1) is 26.8. The van der Waals surface area contributed by atoms with Gasteiger partial charge in [0.25, 0.3) is 0 Å². The summed E-state index contributed by atoms with van der Waals surface area (Å²) in [4.78, 5) is 34.0. The van der Waals surface area contributed by atoms with Crippen LogP contribution < -0.4 is 10.2 Å². The maximum Gasteiger partial charge on any atom is 0.407 e. The molecule has 0 radical (unpaired) electrons. The Kier molecular flexibility index (Phi) is 12.5. The van der Waals surface area contributed by atoms with Gasteiger partial charge in [0.1, 0.15) is 11.6 Å². The van der Waals surface area contributed by atoms with Crippen molar-refractivity contribution in [2.24, 2.45) is 17.8 Å². The number of nitrogens with zero attached hydrogens (tertiary/aromatic N) is 4. The summed E-state index contributed by atoms with van der Waals surface area (Å²) in [6.45, 7) is 5.97. The Morgan fingerprint density at radius 2 is 1.68 bits per heavy atom. The molecular formula is C43H61F2N5O5S. The van der Waals surface area contributed by atoms with Gasteiger partial charge in [-0.3, -0.25) is 9.69 Å². The molecule has 0 bridgehead atoms. The number of halogens is 2. The zero-order valence-electron chi connectivity index (χ0n) is 33.4. The van der Waals surface area contributed by atoms with Crippen molar-refractivity contribution in [2.75, 3.05) is 85.0 Å². The lowest BCUT2D eigenvalue weighted by atomic mass is 9.57. The Bertz CT molecular complexity index is 1790. The van der Waals surface area contributed by atoms with E-state index in [0.717, 1.165) is 95.5 Å². The lowest BCUT2D eigenvalue weighted by Gasteiger charge is -2.54. The van der Waals surface area contributed by atoms with E-state index in [1.807, 2.05) is 30.0 Å². The Morgan fingerprint density at radius 1 is 0.964 bits per heavy atom. The van der Waals surface area contributed by atoms with E-state index in [2.05, 4.69) is 21.2 Å². The minimum atomic E-state index is -3.54. The molecule has 7 rings (SSSR count). The van der Waals surface area contributed by atoms with Crippen molar-refractivity contribution < 1.29 is 31.5 Å². The highest BCUT2D eigenvalue weighted by molar-refractivity contribution is 7.92. The van der Waals surface area contributed by atoms with Gasteiger partial charge in [0.05, 0.1) is 30.3 Å². The number of hydrogen-bond acceptors (Lipinski definition) is 9. The molecule has 5 aliphatic rings. The average molecular weight is 798 g/mol. The van der Waals surface area contributed by atoms with E-state index >= 15 is 8.78 Å². The van der Waals surface area contributed by atoms with E-state index in [1.165, 1.54) is 13.2 Å². The van der Waals surface area contributed by atoms with E-state index in [0.29, 0.717) is 25.8 Å². The van der Waals surface area contributed by atoms with Crippen LogP contribution in [-0.2, 0) is 24.8 Å². The summed E-state index contributed by atoms with van der Waals surface area (Å²) < 4.78 is 63.0. The Balaban J connectivity index is 0.958. The van der Waals surface area contributed by atoms with Gasteiger partial charge in [0, 0.05) is 42.6 Å². The summed E-state index contributed by atoms with van der Waals surface area (Å²) >= 11 is 0. The number of nitrogens with one attached hydrogen (secondary N) is 1. The summed E-state index contributed by atoms with van der Waals surface area (Å²) in [6.07, 6.45) is 7.25. The summed E-state index contributed by atoms with van der Waals surface area (Å²) in [6, 6.07) is 13.8. The minimum absolute atomic E-state index is 0.0708. The van der Waals surface area contributed by atoms with Crippen molar-refractivity contribution in [3.63, 3.8) is 0 Å². The van der Waals surface area contributed by atoms with Gasteiger partial charge in [-0.2, -0.15) is 0 Å². The van der Waals surface area contributed by atoms with Crippen molar-refractivity contribution in [2.45, 2.75) is 91.5 Å². The fraction of sp³-hybridized carbons (Fsp3) is 0.674. The van der Waals surface area contributed by atoms with E-state index in [4.69, 9.17) is 4.74 Å². The molecule has 308 valence electrons. The van der Waals surface area contributed by atoms with Crippen molar-refractivity contribution >= 4 is 27.4 Å². The first kappa shape index (κ1) is 41.0. The van der Waals surface area contributed by atoms with Crippen LogP contribution in [0.4, 0.5) is 19.3 Å². The van der Waals surface area contributed by atoms with Crippen molar-refractivity contribution in [3.05, 3.63) is 59.9 Å². The molecule has 2 aromatic carbocycles. The van der Waals surface area contributed by atoms with Crippen LogP contribution in [0.2, 0.25) is 0 Å². The number of anilines is 1. The molecule has 1 N–H and O–H groups in total. The van der Waals surface area contributed by atoms with Gasteiger partial charge in [0.2, 0.25) is 0 Å². The van der Waals surface area contributed by atoms with E-state index in [-0.39, 0.29) is 58.8 Å². The molecule has 5 fully saturated rings. The molecule has 1 unspecified atom stereocenters. The number of likely N-dealkylation sites (tertiary alicyclic amines) is 2. The van der Waals surface area contributed by atoms with Crippen molar-refractivity contribution in [1.29, 1.82) is 0 Å². The van der Waals surface area contributed by atoms with Crippen LogP contribution in [0.5, 0.6) is 0 Å². The second-order valence-corrected chi connectivity index (χ2v) is 19.9. The average Bonchev–Trinajstić information content (AvgIpc) is 3.58. The van der Waals surface area contributed by atoms with Gasteiger partial charge in [0.15, 0.2) is 15.5 Å². The summed E-state index contributed by atoms with van der Waals surface area (Å²) in [5.74, 6) is 0.0927. The highest BCUT2D eigenvalue weighted by Crippen LogP contribution is 2.52. The van der Waals surface area contributed by atoms with Gasteiger partial charge in [-0.1, -0.05) is 18.6 Å². The highest BCUT2D eigenvalue weighted by Gasteiger charge is 2.54. The van der Waals surface area contributed by atoms with Gasteiger partial charge in [-0.25, -0.2) is 22.0 Å². The molecule has 3 heterocycles. The molecule has 13 heteroatoms. The number of amides is 1. The quantitative estimate of drug-likeness (QED) is 0.230. The van der Waals surface area contributed by atoms with Gasteiger partial charge < -0.3 is 24.8 Å². The Hall–Kier alpha value is -3.13. The van der Waals surface area contributed by atoms with Crippen LogP contribution in [0.3, 0.4) is 0 Å². The monoisotopic (exact) mass is 797 g/mol. The third-order valence-electron chi connectivity index (χ3n) is 13.8. The number of alkyl halides is 1. The Morgan fingerprint density at radius 3 is 2.30 bits per heavy atom. The number of piperidine rings is 1. The van der Waals surface area contributed by atoms with E-state index in [9.17, 15) is 18.0 Å². The smallest absolute Gasteiger partial charge is 0.407 e. The fourth-order valence-electron chi connectivity index (χ4n) is 10.6. The SMILES string of the molecule is COC(=O)N[C@H]1CCC[C@@H]1C(CN1CCC1)(c1cccc(F)c1)C1CCN(CC2(F)CN(c3ccc(S(=O)(=O)C4CC(C(=O)CCCN(C)C)C4)cc3)C2)CC1. The van der Waals surface area contributed by atoms with Gasteiger partial charge in [-0.05, 0) is 152 Å². The van der Waals surface area contributed by atoms with Crippen molar-refractivity contribution in [1.82, 2.24) is 20.0 Å². The largest absolute Gasteiger partial charge is 0.453 e. The summed E-state index contributed by atoms with van der Waals surface area (Å²) in [5.41, 5.74) is 0.0484. The van der Waals surface area contributed by atoms with E-state index < -0.39 is 26.8 Å². The number of methoxy groups -OCH3 is 1. The number of rotatable bonds is 16. The number of carbonyl (C=O) groups is 2. The molecule has 1 amide bonds. The molecule has 3 aliphatic heterocycles. The number of Topliss-reactive ketones (excluding diaryl/α,β-unsaturated/α-hetero) is 1. The maximum atomic E-state index is 16.3. The molecule has 3 saturated heterocycles. The first-order valence-electron chi connectivity index (χ1n) is 20.8. The molecule has 2 saturated carbocycles. The first-order valence-corrected chi connectivity index (χ1v) is 22.3. The molecule has 3 atom stereocenters. The second kappa shape index (κ2) is 17.0. The van der Waals surface area contributed by atoms with Crippen LogP contribution in [-0.4, -0.2) is 132 Å². The lowest BCUT2D eigenvalue weighted by molar-refractivity contribution is -0.125. The van der Waals surface area contributed by atoms with Crippen LogP contribution in [0.25, 0.3) is 0 Å². The highest BCUT2D eigenvalue weighted by atomic mass is 32.2. The Labute approximate surface area is 332 Å². The third-order valence-corrected chi connectivity index (χ3v) is 16.0. The number of hydrogen-bond donors (Lipinski definition) is 1. The zero-order chi connectivity index (χ0) is 39.7. The normalized spacial score (nSPS) is 26.9. The van der Waals surface area contributed by atoms with Crippen LogP contribution in [0.15, 0.2) is 53.4 Å². The fourth-order valence-corrected chi connectivity index (χ4v) is 12.4. The number of alkyl carbamates (subject to hydrolysis) is 1. The standard InChI is InChI=1S/C43H61F2N5O5S/c1-47(2)19-6-12-40(51)31-24-37(25-31)56(53,54)36-15-13-35(14-16-36)50-28-42(45,29-50)27-49-22-17-32(18-23-49)43(30-48-20-7-21-48,33-8-4-9-34(44)26-33)38-10-5-11-39(38)46-41(52)55-3/h4,8-9,13-16,26,31-32,37-39H,5-7,10-12,17-25,27-30H2,1-3H3,(H,46,52)/t31?,37?,38-,39-,43?/m0/s1. The summed E-state index contributed by atoms with van der Waals surface area (Å²) in [5, 5.41) is 2.61. The number of ether oxygens (including phenoxy) is 1.